The van der Waals surface area contributed by atoms with Crippen molar-refractivity contribution in [1.82, 2.24) is 8.87 Å². The number of carbonyl (C=O) groups excluding carboxylic acids is 2. The molecular weight excluding hydrogens is 500 g/mol. The van der Waals surface area contributed by atoms with E-state index in [2.05, 4.69) is 10.3 Å². The van der Waals surface area contributed by atoms with E-state index in [9.17, 15) is 18.0 Å². The van der Waals surface area contributed by atoms with Gasteiger partial charge in [-0.15, -0.1) is 0 Å². The lowest BCUT2D eigenvalue weighted by atomic mass is 10.2. The molecule has 0 radical (unpaired) electrons. The van der Waals surface area contributed by atoms with Crippen molar-refractivity contribution in [3.8, 4) is 0 Å². The van der Waals surface area contributed by atoms with Gasteiger partial charge in [0.05, 0.1) is 21.7 Å². The van der Waals surface area contributed by atoms with E-state index in [0.29, 0.717) is 43.1 Å². The minimum Gasteiger partial charge on any atom is -0.380 e. The standard InChI is InChI=1S/C25H30N4O5S2/c1-4-34-15-14-28-21-12-9-19(26-18(3)30)16-23(21)35-25(28)27-24(31)22-6-5-13-29(22)36(32,33)20-10-7-17(2)8-11-20/h7-12,16,22H,4-6,13-15H2,1-3H3,(H,26,30). The van der Waals surface area contributed by atoms with Gasteiger partial charge in [0, 0.05) is 32.3 Å². The normalized spacial score (nSPS) is 17.1. The predicted octanol–water partition coefficient (Wildman–Crippen LogP) is 3.29. The first-order chi connectivity index (χ1) is 17.2. The Hall–Kier alpha value is -2.86. The monoisotopic (exact) mass is 530 g/mol. The van der Waals surface area contributed by atoms with Crippen molar-refractivity contribution in [2.24, 2.45) is 4.99 Å². The van der Waals surface area contributed by atoms with Crippen LogP contribution in [0.25, 0.3) is 10.2 Å². The molecule has 2 amide bonds. The number of thiazole rings is 1. The number of hydrogen-bond acceptors (Lipinski definition) is 6. The molecule has 1 aliphatic rings. The Bertz CT molecular complexity index is 1440. The van der Waals surface area contributed by atoms with Crippen molar-refractivity contribution in [3.63, 3.8) is 0 Å². The van der Waals surface area contributed by atoms with Crippen molar-refractivity contribution in [1.29, 1.82) is 0 Å². The highest BCUT2D eigenvalue weighted by Crippen LogP contribution is 2.27. The molecule has 1 aliphatic heterocycles. The molecule has 2 aromatic carbocycles. The third-order valence-corrected chi connectivity index (χ3v) is 8.95. The summed E-state index contributed by atoms with van der Waals surface area (Å²) in [5.74, 6) is -0.659. The third kappa shape index (κ3) is 5.59. The first-order valence-corrected chi connectivity index (χ1v) is 14.1. The zero-order valence-corrected chi connectivity index (χ0v) is 22.2. The molecule has 0 aliphatic carbocycles. The van der Waals surface area contributed by atoms with Gasteiger partial charge in [-0.2, -0.15) is 9.30 Å². The van der Waals surface area contributed by atoms with Crippen LogP contribution in [-0.2, 0) is 30.9 Å². The number of ether oxygens (including phenoxy) is 1. The van der Waals surface area contributed by atoms with Crippen LogP contribution in [0, 0.1) is 6.92 Å². The van der Waals surface area contributed by atoms with E-state index in [4.69, 9.17) is 4.74 Å². The minimum atomic E-state index is -3.82. The molecule has 1 N–H and O–H groups in total. The zero-order valence-electron chi connectivity index (χ0n) is 20.6. The number of amides is 2. The fourth-order valence-corrected chi connectivity index (χ4v) is 7.00. The van der Waals surface area contributed by atoms with E-state index < -0.39 is 22.0 Å². The molecule has 36 heavy (non-hydrogen) atoms. The van der Waals surface area contributed by atoms with E-state index in [0.717, 1.165) is 15.8 Å². The van der Waals surface area contributed by atoms with Crippen molar-refractivity contribution < 1.29 is 22.7 Å². The number of anilines is 1. The second-order valence-electron chi connectivity index (χ2n) is 8.63. The first kappa shape index (κ1) is 26.2. The number of fused-ring (bicyclic) bond motifs is 1. The van der Waals surface area contributed by atoms with E-state index in [-0.39, 0.29) is 17.3 Å². The first-order valence-electron chi connectivity index (χ1n) is 11.9. The Morgan fingerprint density at radius 3 is 2.64 bits per heavy atom. The van der Waals surface area contributed by atoms with Crippen LogP contribution >= 0.6 is 11.3 Å². The SMILES string of the molecule is CCOCCn1c(=NC(=O)C2CCCN2S(=O)(=O)c2ccc(C)cc2)sc2cc(NC(C)=O)ccc21. The molecule has 2 heterocycles. The summed E-state index contributed by atoms with van der Waals surface area (Å²) in [6.45, 7) is 7.01. The molecule has 1 fully saturated rings. The van der Waals surface area contributed by atoms with Gasteiger partial charge in [-0.1, -0.05) is 29.0 Å². The second-order valence-corrected chi connectivity index (χ2v) is 11.5. The molecular formula is C25H30N4O5S2. The fraction of sp³-hybridized carbons (Fsp3) is 0.400. The quantitative estimate of drug-likeness (QED) is 0.450. The molecule has 4 rings (SSSR count). The molecule has 0 bridgehead atoms. The maximum atomic E-state index is 13.4. The fourth-order valence-electron chi connectivity index (χ4n) is 4.24. The number of benzene rings is 2. The minimum absolute atomic E-state index is 0.173. The van der Waals surface area contributed by atoms with Gasteiger partial charge in [-0.05, 0) is 57.0 Å². The van der Waals surface area contributed by atoms with Crippen molar-refractivity contribution in [2.75, 3.05) is 25.1 Å². The lowest BCUT2D eigenvalue weighted by Crippen LogP contribution is -2.40. The Morgan fingerprint density at radius 2 is 1.94 bits per heavy atom. The van der Waals surface area contributed by atoms with E-state index in [1.807, 2.05) is 30.5 Å². The van der Waals surface area contributed by atoms with Crippen LogP contribution in [-0.4, -0.2) is 54.9 Å². The number of nitrogens with one attached hydrogen (secondary N) is 1. The van der Waals surface area contributed by atoms with Crippen molar-refractivity contribution >= 4 is 49.1 Å². The molecule has 1 unspecified atom stereocenters. The number of sulfonamides is 1. The van der Waals surface area contributed by atoms with Crippen LogP contribution in [0.1, 0.15) is 32.3 Å². The maximum absolute atomic E-state index is 13.4. The molecule has 1 atom stereocenters. The summed E-state index contributed by atoms with van der Waals surface area (Å²) in [4.78, 5) is 29.9. The smallest absolute Gasteiger partial charge is 0.266 e. The summed E-state index contributed by atoms with van der Waals surface area (Å²) < 4.78 is 36.1. The molecule has 0 saturated carbocycles. The summed E-state index contributed by atoms with van der Waals surface area (Å²) in [7, 11) is -3.82. The number of hydrogen-bond donors (Lipinski definition) is 1. The van der Waals surface area contributed by atoms with Crippen LogP contribution < -0.4 is 10.1 Å². The lowest BCUT2D eigenvalue weighted by Gasteiger charge is -2.21. The highest BCUT2D eigenvalue weighted by atomic mass is 32.2. The van der Waals surface area contributed by atoms with Crippen LogP contribution in [0.5, 0.6) is 0 Å². The van der Waals surface area contributed by atoms with Crippen molar-refractivity contribution in [2.45, 2.75) is 51.1 Å². The van der Waals surface area contributed by atoms with Gasteiger partial charge in [-0.25, -0.2) is 8.42 Å². The van der Waals surface area contributed by atoms with Crippen LogP contribution in [0.4, 0.5) is 5.69 Å². The maximum Gasteiger partial charge on any atom is 0.266 e. The Labute approximate surface area is 214 Å². The van der Waals surface area contributed by atoms with Crippen LogP contribution in [0.3, 0.4) is 0 Å². The molecule has 192 valence electrons. The summed E-state index contributed by atoms with van der Waals surface area (Å²) in [5, 5.41) is 2.77. The van der Waals surface area contributed by atoms with Crippen molar-refractivity contribution in [3.05, 3.63) is 52.8 Å². The summed E-state index contributed by atoms with van der Waals surface area (Å²) in [5.41, 5.74) is 2.47. The molecule has 1 aromatic heterocycles. The topological polar surface area (TPSA) is 110 Å². The molecule has 1 saturated heterocycles. The zero-order chi connectivity index (χ0) is 25.9. The Morgan fingerprint density at radius 1 is 1.19 bits per heavy atom. The van der Waals surface area contributed by atoms with Crippen LogP contribution in [0.15, 0.2) is 52.4 Å². The lowest BCUT2D eigenvalue weighted by molar-refractivity contribution is -0.121. The number of rotatable bonds is 8. The number of nitrogens with zero attached hydrogens (tertiary/aromatic N) is 3. The average Bonchev–Trinajstić information content (AvgIpc) is 3.45. The highest BCUT2D eigenvalue weighted by molar-refractivity contribution is 7.89. The third-order valence-electron chi connectivity index (χ3n) is 5.99. The molecule has 11 heteroatoms. The van der Waals surface area contributed by atoms with E-state index in [1.54, 1.807) is 30.3 Å². The Balaban J connectivity index is 1.70. The van der Waals surface area contributed by atoms with Gasteiger partial charge < -0.3 is 14.6 Å². The highest BCUT2D eigenvalue weighted by Gasteiger charge is 2.39. The largest absolute Gasteiger partial charge is 0.380 e. The molecule has 3 aromatic rings. The molecule has 9 nitrogen and oxygen atoms in total. The second kappa shape index (κ2) is 11.0. The summed E-state index contributed by atoms with van der Waals surface area (Å²) >= 11 is 1.32. The van der Waals surface area contributed by atoms with Gasteiger partial charge in [0.2, 0.25) is 15.9 Å². The van der Waals surface area contributed by atoms with Gasteiger partial charge in [-0.3, -0.25) is 9.59 Å². The predicted molar refractivity (Wildman–Crippen MR) is 139 cm³/mol. The van der Waals surface area contributed by atoms with Gasteiger partial charge in [0.1, 0.15) is 6.04 Å². The molecule has 0 spiro atoms. The van der Waals surface area contributed by atoms with E-state index >= 15 is 0 Å². The van der Waals surface area contributed by atoms with Gasteiger partial charge in [0.25, 0.3) is 5.91 Å². The van der Waals surface area contributed by atoms with Crippen LogP contribution in [0.2, 0.25) is 0 Å². The number of aromatic nitrogens is 1. The number of carbonyl (C=O) groups is 2. The summed E-state index contributed by atoms with van der Waals surface area (Å²) in [6.07, 6.45) is 1.01. The van der Waals surface area contributed by atoms with E-state index in [1.165, 1.54) is 22.6 Å². The number of aryl methyl sites for hydroxylation is 1. The summed E-state index contributed by atoms with van der Waals surface area (Å²) in [6, 6.07) is 11.3. The van der Waals surface area contributed by atoms with Gasteiger partial charge in [0.15, 0.2) is 4.80 Å². The Kier molecular flexibility index (Phi) is 8.04. The van der Waals surface area contributed by atoms with Gasteiger partial charge >= 0.3 is 0 Å². The average molecular weight is 531 g/mol.